The maximum Gasteiger partial charge on any atom is 0.295 e. The third-order valence-electron chi connectivity index (χ3n) is 4.75. The Balaban J connectivity index is 2.17. The molecule has 1 atom stereocenters. The van der Waals surface area contributed by atoms with Gasteiger partial charge in [0, 0.05) is 18.0 Å². The number of methoxy groups -OCH3 is 1. The maximum absolute atomic E-state index is 12.9. The summed E-state index contributed by atoms with van der Waals surface area (Å²) >= 11 is 1.46. The molecule has 1 N–H and O–H groups in total. The van der Waals surface area contributed by atoms with Crippen molar-refractivity contribution in [1.82, 2.24) is 9.80 Å². The number of benzene rings is 1. The number of amides is 1. The van der Waals surface area contributed by atoms with Crippen molar-refractivity contribution in [2.24, 2.45) is 0 Å². The lowest BCUT2D eigenvalue weighted by Crippen LogP contribution is -2.35. The zero-order chi connectivity index (χ0) is 20.4. The Kier molecular flexibility index (Phi) is 5.86. The van der Waals surface area contributed by atoms with Crippen LogP contribution >= 0.6 is 11.3 Å². The summed E-state index contributed by atoms with van der Waals surface area (Å²) in [6, 6.07) is 8.51. The summed E-state index contributed by atoms with van der Waals surface area (Å²) in [6.45, 7) is 2.90. The van der Waals surface area contributed by atoms with Gasteiger partial charge in [0.1, 0.15) is 11.5 Å². The number of carbonyl (C=O) groups excluding carboxylic acids is 2. The van der Waals surface area contributed by atoms with Crippen molar-refractivity contribution in [3.63, 3.8) is 0 Å². The second-order valence-corrected chi connectivity index (χ2v) is 7.99. The zero-order valence-corrected chi connectivity index (χ0v) is 17.2. The molecule has 1 amide bonds. The Hall–Kier alpha value is -2.64. The molecule has 1 aromatic carbocycles. The molecule has 7 heteroatoms. The normalized spacial score (nSPS) is 18.9. The van der Waals surface area contributed by atoms with Crippen LogP contribution in [0.4, 0.5) is 0 Å². The molecule has 1 saturated heterocycles. The van der Waals surface area contributed by atoms with Crippen LogP contribution in [0.5, 0.6) is 5.75 Å². The number of likely N-dealkylation sites (tertiary alicyclic amines) is 1. The van der Waals surface area contributed by atoms with Gasteiger partial charge in [-0.25, -0.2) is 0 Å². The molecule has 148 valence electrons. The lowest BCUT2D eigenvalue weighted by molar-refractivity contribution is -0.140. The fourth-order valence-corrected chi connectivity index (χ4v) is 4.16. The Bertz CT molecular complexity index is 918. The van der Waals surface area contributed by atoms with E-state index in [-0.39, 0.29) is 11.3 Å². The van der Waals surface area contributed by atoms with Crippen LogP contribution < -0.4 is 4.74 Å². The highest BCUT2D eigenvalue weighted by atomic mass is 32.1. The van der Waals surface area contributed by atoms with E-state index in [4.69, 9.17) is 4.74 Å². The van der Waals surface area contributed by atoms with Gasteiger partial charge in [-0.1, -0.05) is 17.7 Å². The predicted molar refractivity (Wildman–Crippen MR) is 110 cm³/mol. The summed E-state index contributed by atoms with van der Waals surface area (Å²) < 4.78 is 5.37. The van der Waals surface area contributed by atoms with Gasteiger partial charge in [-0.05, 0) is 44.6 Å². The van der Waals surface area contributed by atoms with Gasteiger partial charge in [0.25, 0.3) is 11.7 Å². The van der Waals surface area contributed by atoms with Crippen LogP contribution in [0.25, 0.3) is 5.76 Å². The number of ether oxygens (including phenoxy) is 1. The molecule has 0 bridgehead atoms. The number of hydrogen-bond acceptors (Lipinski definition) is 6. The molecule has 0 aliphatic carbocycles. The summed E-state index contributed by atoms with van der Waals surface area (Å²) in [5.41, 5.74) is 1.43. The highest BCUT2D eigenvalue weighted by Crippen LogP contribution is 2.42. The molecule has 1 unspecified atom stereocenters. The molecular formula is C21H24N2O4S. The lowest BCUT2D eigenvalue weighted by atomic mass is 9.98. The standard InChI is InChI=1S/C21H24N2O4S/c1-13-7-8-15(27-4)14(12-13)19(24)17-18(16-6-5-11-28-16)23(10-9-22(2)3)21(26)20(17)25/h5-8,11-12,18,24H,9-10H2,1-4H3/b19-17-. The van der Waals surface area contributed by atoms with Gasteiger partial charge in [-0.3, -0.25) is 9.59 Å². The van der Waals surface area contributed by atoms with Crippen molar-refractivity contribution in [1.29, 1.82) is 0 Å². The average molecular weight is 401 g/mol. The molecule has 28 heavy (non-hydrogen) atoms. The van der Waals surface area contributed by atoms with Crippen molar-refractivity contribution in [3.8, 4) is 5.75 Å². The number of aliphatic hydroxyl groups is 1. The van der Waals surface area contributed by atoms with Crippen LogP contribution in [-0.4, -0.2) is 60.9 Å². The maximum atomic E-state index is 12.9. The van der Waals surface area contributed by atoms with Crippen molar-refractivity contribution >= 4 is 28.8 Å². The van der Waals surface area contributed by atoms with Crippen molar-refractivity contribution in [2.45, 2.75) is 13.0 Å². The van der Waals surface area contributed by atoms with Crippen LogP contribution in [0.2, 0.25) is 0 Å². The van der Waals surface area contributed by atoms with Crippen LogP contribution in [0.1, 0.15) is 22.0 Å². The number of rotatable bonds is 6. The second kappa shape index (κ2) is 8.16. The highest BCUT2D eigenvalue weighted by Gasteiger charge is 2.46. The highest BCUT2D eigenvalue weighted by molar-refractivity contribution is 7.10. The van der Waals surface area contributed by atoms with E-state index in [1.54, 1.807) is 17.0 Å². The number of likely N-dealkylation sites (N-methyl/N-ethyl adjacent to an activating group) is 1. The first-order valence-corrected chi connectivity index (χ1v) is 9.84. The largest absolute Gasteiger partial charge is 0.507 e. The molecule has 1 aliphatic heterocycles. The summed E-state index contributed by atoms with van der Waals surface area (Å²) in [4.78, 5) is 30.0. The first-order valence-electron chi connectivity index (χ1n) is 8.96. The minimum atomic E-state index is -0.668. The molecule has 1 aromatic heterocycles. The molecular weight excluding hydrogens is 376 g/mol. The summed E-state index contributed by atoms with van der Waals surface area (Å²) in [6.07, 6.45) is 0. The molecule has 1 fully saturated rings. The first kappa shape index (κ1) is 20.1. The number of aliphatic hydroxyl groups excluding tert-OH is 1. The molecule has 0 spiro atoms. The fourth-order valence-electron chi connectivity index (χ4n) is 3.31. The minimum Gasteiger partial charge on any atom is -0.507 e. The van der Waals surface area contributed by atoms with E-state index in [0.29, 0.717) is 24.4 Å². The van der Waals surface area contributed by atoms with Gasteiger partial charge in [0.15, 0.2) is 0 Å². The Morgan fingerprint density at radius 1 is 1.29 bits per heavy atom. The van der Waals surface area contributed by atoms with Gasteiger partial charge in [0.2, 0.25) is 0 Å². The van der Waals surface area contributed by atoms with Crippen molar-refractivity contribution in [2.75, 3.05) is 34.3 Å². The van der Waals surface area contributed by atoms with Gasteiger partial charge in [-0.2, -0.15) is 0 Å². The van der Waals surface area contributed by atoms with Crippen LogP contribution in [-0.2, 0) is 9.59 Å². The number of thiophene rings is 1. The van der Waals surface area contributed by atoms with E-state index in [1.807, 2.05) is 49.5 Å². The number of hydrogen-bond donors (Lipinski definition) is 1. The molecule has 3 rings (SSSR count). The van der Waals surface area contributed by atoms with Gasteiger partial charge in [0.05, 0.1) is 24.3 Å². The number of ketones is 1. The molecule has 2 aromatic rings. The topological polar surface area (TPSA) is 70.1 Å². The molecule has 1 aliphatic rings. The van der Waals surface area contributed by atoms with Crippen molar-refractivity contribution < 1.29 is 19.4 Å². The monoisotopic (exact) mass is 400 g/mol. The number of carbonyl (C=O) groups is 2. The lowest BCUT2D eigenvalue weighted by Gasteiger charge is -2.25. The second-order valence-electron chi connectivity index (χ2n) is 7.01. The number of aryl methyl sites for hydroxylation is 1. The Morgan fingerprint density at radius 3 is 2.64 bits per heavy atom. The number of nitrogens with zero attached hydrogens (tertiary/aromatic N) is 2. The van der Waals surface area contributed by atoms with Gasteiger partial charge >= 0.3 is 0 Å². The zero-order valence-electron chi connectivity index (χ0n) is 16.4. The van der Waals surface area contributed by atoms with Gasteiger partial charge in [-0.15, -0.1) is 11.3 Å². The average Bonchev–Trinajstić information content (AvgIpc) is 3.27. The fraction of sp³-hybridized carbons (Fsp3) is 0.333. The van der Waals surface area contributed by atoms with E-state index in [2.05, 4.69) is 0 Å². The third-order valence-corrected chi connectivity index (χ3v) is 5.68. The number of Topliss-reactive ketones (excluding diaryl/α,β-unsaturated/α-hetero) is 1. The van der Waals surface area contributed by atoms with Crippen LogP contribution in [0.3, 0.4) is 0 Å². The van der Waals surface area contributed by atoms with Gasteiger partial charge < -0.3 is 19.6 Å². The molecule has 0 saturated carbocycles. The predicted octanol–water partition coefficient (Wildman–Crippen LogP) is 3.05. The Morgan fingerprint density at radius 2 is 2.04 bits per heavy atom. The van der Waals surface area contributed by atoms with Crippen LogP contribution in [0.15, 0.2) is 41.3 Å². The first-order chi connectivity index (χ1) is 13.3. The van der Waals surface area contributed by atoms with E-state index in [9.17, 15) is 14.7 Å². The van der Waals surface area contributed by atoms with E-state index >= 15 is 0 Å². The smallest absolute Gasteiger partial charge is 0.295 e. The summed E-state index contributed by atoms with van der Waals surface area (Å²) in [5, 5.41) is 13.0. The van der Waals surface area contributed by atoms with Crippen LogP contribution in [0, 0.1) is 6.92 Å². The molecule has 2 heterocycles. The quantitative estimate of drug-likeness (QED) is 0.459. The third kappa shape index (κ3) is 3.68. The minimum absolute atomic E-state index is 0.107. The SMILES string of the molecule is COc1ccc(C)cc1/C(O)=C1/C(=O)C(=O)N(CCN(C)C)C1c1cccs1. The van der Waals surface area contributed by atoms with E-state index < -0.39 is 17.7 Å². The summed E-state index contributed by atoms with van der Waals surface area (Å²) in [7, 11) is 5.33. The van der Waals surface area contributed by atoms with E-state index in [1.165, 1.54) is 18.4 Å². The van der Waals surface area contributed by atoms with E-state index in [0.717, 1.165) is 10.4 Å². The molecule has 6 nitrogen and oxygen atoms in total. The molecule has 0 radical (unpaired) electrons. The van der Waals surface area contributed by atoms with Crippen molar-refractivity contribution in [3.05, 3.63) is 57.3 Å². The Labute approximate surface area is 168 Å². The summed E-state index contributed by atoms with van der Waals surface area (Å²) in [5.74, 6) is -1.01.